The Morgan fingerprint density at radius 3 is 2.35 bits per heavy atom. The van der Waals surface area contributed by atoms with Crippen LogP contribution in [0.2, 0.25) is 0 Å². The van der Waals surface area contributed by atoms with Crippen molar-refractivity contribution in [1.82, 2.24) is 10.3 Å². The van der Waals surface area contributed by atoms with E-state index in [0.29, 0.717) is 5.92 Å². The number of pyridine rings is 1. The van der Waals surface area contributed by atoms with E-state index in [9.17, 15) is 0 Å². The predicted octanol–water partition coefficient (Wildman–Crippen LogP) is 3.51. The molecule has 0 aromatic carbocycles. The molecule has 0 aliphatic rings. The van der Waals surface area contributed by atoms with Crippen molar-refractivity contribution < 1.29 is 0 Å². The first-order valence-electron chi connectivity index (χ1n) is 6.24. The smallest absolute Gasteiger partial charge is 0.0273 e. The Hall–Kier alpha value is -1.15. The van der Waals surface area contributed by atoms with Crippen LogP contribution in [0.5, 0.6) is 0 Å². The second-order valence-electron chi connectivity index (χ2n) is 5.76. The van der Waals surface area contributed by atoms with Crippen LogP contribution in [-0.2, 0) is 0 Å². The van der Waals surface area contributed by atoms with E-state index in [1.165, 1.54) is 11.1 Å². The summed E-state index contributed by atoms with van der Waals surface area (Å²) in [6.07, 6.45) is 5.92. The third-order valence-electron chi connectivity index (χ3n) is 2.62. The molecule has 0 bridgehead atoms. The summed E-state index contributed by atoms with van der Waals surface area (Å²) in [5.41, 5.74) is 2.80. The maximum Gasteiger partial charge on any atom is 0.0273 e. The summed E-state index contributed by atoms with van der Waals surface area (Å²) >= 11 is 0. The Morgan fingerprint density at radius 1 is 1.29 bits per heavy atom. The van der Waals surface area contributed by atoms with Gasteiger partial charge in [0.2, 0.25) is 0 Å². The SMILES string of the molecule is CC(C)C(=Cc1ccncc1)CNC(C)(C)C. The van der Waals surface area contributed by atoms with Crippen LogP contribution in [-0.4, -0.2) is 17.1 Å². The number of hydrogen-bond acceptors (Lipinski definition) is 2. The fraction of sp³-hybridized carbons (Fsp3) is 0.533. The van der Waals surface area contributed by atoms with Gasteiger partial charge in [-0.2, -0.15) is 0 Å². The molecule has 0 saturated heterocycles. The minimum absolute atomic E-state index is 0.159. The number of aromatic nitrogens is 1. The number of nitrogens with zero attached hydrogens (tertiary/aromatic N) is 1. The normalized spacial score (nSPS) is 13.2. The molecule has 2 heteroatoms. The van der Waals surface area contributed by atoms with Gasteiger partial charge in [-0.3, -0.25) is 4.98 Å². The maximum atomic E-state index is 4.04. The zero-order valence-electron chi connectivity index (χ0n) is 11.6. The van der Waals surface area contributed by atoms with Gasteiger partial charge in [0.15, 0.2) is 0 Å². The minimum Gasteiger partial charge on any atom is -0.308 e. The molecule has 0 saturated carbocycles. The average molecular weight is 232 g/mol. The van der Waals surface area contributed by atoms with E-state index in [1.807, 2.05) is 24.5 Å². The molecular weight excluding hydrogens is 208 g/mol. The zero-order chi connectivity index (χ0) is 12.9. The van der Waals surface area contributed by atoms with E-state index in [2.05, 4.69) is 51.0 Å². The summed E-state index contributed by atoms with van der Waals surface area (Å²) < 4.78 is 0. The van der Waals surface area contributed by atoms with Gasteiger partial charge < -0.3 is 5.32 Å². The highest BCUT2D eigenvalue weighted by Gasteiger charge is 2.11. The quantitative estimate of drug-likeness (QED) is 0.859. The Balaban J connectivity index is 2.76. The molecule has 0 fully saturated rings. The van der Waals surface area contributed by atoms with Gasteiger partial charge in [0, 0.05) is 24.5 Å². The van der Waals surface area contributed by atoms with Crippen molar-refractivity contribution >= 4 is 6.08 Å². The van der Waals surface area contributed by atoms with Crippen molar-refractivity contribution in [2.45, 2.75) is 40.2 Å². The highest BCUT2D eigenvalue weighted by atomic mass is 14.9. The molecule has 2 nitrogen and oxygen atoms in total. The third kappa shape index (κ3) is 5.64. The fourth-order valence-corrected chi connectivity index (χ4v) is 1.46. The lowest BCUT2D eigenvalue weighted by atomic mass is 9.99. The standard InChI is InChI=1S/C15H24N2/c1-12(2)14(11-17-15(3,4)5)10-13-6-8-16-9-7-13/h6-10,12,17H,11H2,1-5H3. The topological polar surface area (TPSA) is 24.9 Å². The molecule has 17 heavy (non-hydrogen) atoms. The second-order valence-corrected chi connectivity index (χ2v) is 5.76. The molecular formula is C15H24N2. The largest absolute Gasteiger partial charge is 0.308 e. The Labute approximate surface area is 105 Å². The summed E-state index contributed by atoms with van der Waals surface area (Å²) in [6.45, 7) is 12.0. The first-order chi connectivity index (χ1) is 7.88. The molecule has 1 aromatic rings. The lowest BCUT2D eigenvalue weighted by Crippen LogP contribution is -2.37. The van der Waals surface area contributed by atoms with Crippen LogP contribution in [0.15, 0.2) is 30.1 Å². The van der Waals surface area contributed by atoms with Crippen LogP contribution >= 0.6 is 0 Å². The molecule has 0 aliphatic heterocycles. The second kappa shape index (κ2) is 5.97. The first kappa shape index (κ1) is 13.9. The molecule has 0 spiro atoms. The first-order valence-corrected chi connectivity index (χ1v) is 6.24. The molecule has 1 heterocycles. The fourth-order valence-electron chi connectivity index (χ4n) is 1.46. The Kier molecular flexibility index (Phi) is 4.88. The van der Waals surface area contributed by atoms with Crippen molar-refractivity contribution in [2.75, 3.05) is 6.54 Å². The molecule has 1 rings (SSSR count). The summed E-state index contributed by atoms with van der Waals surface area (Å²) in [5, 5.41) is 3.54. The van der Waals surface area contributed by atoms with Gasteiger partial charge in [-0.1, -0.05) is 25.5 Å². The molecule has 1 N–H and O–H groups in total. The van der Waals surface area contributed by atoms with Crippen LogP contribution in [0.1, 0.15) is 40.2 Å². The van der Waals surface area contributed by atoms with E-state index in [-0.39, 0.29) is 5.54 Å². The minimum atomic E-state index is 0.159. The van der Waals surface area contributed by atoms with Gasteiger partial charge in [0.25, 0.3) is 0 Å². The zero-order valence-corrected chi connectivity index (χ0v) is 11.6. The lowest BCUT2D eigenvalue weighted by Gasteiger charge is -2.23. The molecule has 0 amide bonds. The van der Waals surface area contributed by atoms with Gasteiger partial charge in [-0.25, -0.2) is 0 Å². The van der Waals surface area contributed by atoms with Crippen LogP contribution in [0.4, 0.5) is 0 Å². The summed E-state index contributed by atoms with van der Waals surface area (Å²) in [7, 11) is 0. The number of rotatable bonds is 4. The maximum absolute atomic E-state index is 4.04. The number of nitrogens with one attached hydrogen (secondary N) is 1. The third-order valence-corrected chi connectivity index (χ3v) is 2.62. The van der Waals surface area contributed by atoms with E-state index in [4.69, 9.17) is 0 Å². The van der Waals surface area contributed by atoms with E-state index in [1.54, 1.807) is 0 Å². The van der Waals surface area contributed by atoms with Crippen molar-refractivity contribution in [3.8, 4) is 0 Å². The van der Waals surface area contributed by atoms with Crippen LogP contribution < -0.4 is 5.32 Å². The lowest BCUT2D eigenvalue weighted by molar-refractivity contribution is 0.437. The number of hydrogen-bond donors (Lipinski definition) is 1. The van der Waals surface area contributed by atoms with Gasteiger partial charge in [-0.05, 0) is 44.4 Å². The molecule has 0 atom stereocenters. The molecule has 0 aliphatic carbocycles. The van der Waals surface area contributed by atoms with Crippen molar-refractivity contribution in [3.63, 3.8) is 0 Å². The van der Waals surface area contributed by atoms with E-state index >= 15 is 0 Å². The molecule has 1 aromatic heterocycles. The monoisotopic (exact) mass is 232 g/mol. The van der Waals surface area contributed by atoms with Crippen molar-refractivity contribution in [1.29, 1.82) is 0 Å². The molecule has 94 valence electrons. The van der Waals surface area contributed by atoms with Crippen molar-refractivity contribution in [3.05, 3.63) is 35.7 Å². The highest BCUT2D eigenvalue weighted by Crippen LogP contribution is 2.14. The Morgan fingerprint density at radius 2 is 1.88 bits per heavy atom. The van der Waals surface area contributed by atoms with Gasteiger partial charge in [0.1, 0.15) is 0 Å². The van der Waals surface area contributed by atoms with E-state index in [0.717, 1.165) is 6.54 Å². The Bertz CT molecular complexity index is 358. The van der Waals surface area contributed by atoms with Crippen molar-refractivity contribution in [2.24, 2.45) is 5.92 Å². The molecule has 0 unspecified atom stereocenters. The average Bonchev–Trinajstić information content (AvgIpc) is 2.24. The van der Waals surface area contributed by atoms with Gasteiger partial charge in [-0.15, -0.1) is 0 Å². The summed E-state index contributed by atoms with van der Waals surface area (Å²) in [5.74, 6) is 0.554. The highest BCUT2D eigenvalue weighted by molar-refractivity contribution is 5.52. The van der Waals surface area contributed by atoms with Crippen LogP contribution in [0.25, 0.3) is 6.08 Å². The predicted molar refractivity (Wildman–Crippen MR) is 74.8 cm³/mol. The molecule has 0 radical (unpaired) electrons. The van der Waals surface area contributed by atoms with Gasteiger partial charge >= 0.3 is 0 Å². The van der Waals surface area contributed by atoms with Crippen LogP contribution in [0, 0.1) is 5.92 Å². The summed E-state index contributed by atoms with van der Waals surface area (Å²) in [4.78, 5) is 4.04. The van der Waals surface area contributed by atoms with E-state index < -0.39 is 0 Å². The van der Waals surface area contributed by atoms with Crippen LogP contribution in [0.3, 0.4) is 0 Å². The van der Waals surface area contributed by atoms with Gasteiger partial charge in [0.05, 0.1) is 0 Å². The summed E-state index contributed by atoms with van der Waals surface area (Å²) in [6, 6.07) is 4.08.